The van der Waals surface area contributed by atoms with E-state index in [9.17, 15) is 4.79 Å². The molecule has 0 unspecified atom stereocenters. The normalized spacial score (nSPS) is 11.6. The van der Waals surface area contributed by atoms with E-state index in [4.69, 9.17) is 4.74 Å². The van der Waals surface area contributed by atoms with Crippen molar-refractivity contribution in [3.63, 3.8) is 0 Å². The summed E-state index contributed by atoms with van der Waals surface area (Å²) in [6, 6.07) is 1.79. The molecule has 1 amide bonds. The standard InChI is InChI=1S/C12H14IN3O2/c1-12(2,3)16-11(17)18-7-4-8-9(13)6-15-10(8)14-5-7/h4-6H,1-3H3,(H,14,15)(H,16,17). The van der Waals surface area contributed by atoms with Crippen molar-refractivity contribution in [3.8, 4) is 5.75 Å². The van der Waals surface area contributed by atoms with Gasteiger partial charge in [0, 0.05) is 20.7 Å². The monoisotopic (exact) mass is 359 g/mol. The number of aromatic amines is 1. The number of halogens is 1. The number of amides is 1. The van der Waals surface area contributed by atoms with Gasteiger partial charge in [0.2, 0.25) is 0 Å². The number of nitrogens with zero attached hydrogens (tertiary/aromatic N) is 1. The van der Waals surface area contributed by atoms with Crippen LogP contribution in [0, 0.1) is 3.57 Å². The zero-order valence-corrected chi connectivity index (χ0v) is 12.5. The first-order valence-electron chi connectivity index (χ1n) is 5.48. The smallest absolute Gasteiger partial charge is 0.409 e. The number of hydrogen-bond donors (Lipinski definition) is 2. The first-order chi connectivity index (χ1) is 8.35. The van der Waals surface area contributed by atoms with Gasteiger partial charge in [-0.05, 0) is 49.4 Å². The second kappa shape index (κ2) is 4.75. The molecule has 2 N–H and O–H groups in total. The molecule has 0 saturated heterocycles. The maximum Gasteiger partial charge on any atom is 0.413 e. The zero-order valence-electron chi connectivity index (χ0n) is 10.4. The molecular formula is C12H14IN3O2. The molecule has 2 aromatic heterocycles. The number of fused-ring (bicyclic) bond motifs is 1. The molecule has 2 heterocycles. The SMILES string of the molecule is CC(C)(C)NC(=O)Oc1cnc2[nH]cc(I)c2c1. The fraction of sp³-hybridized carbons (Fsp3) is 0.333. The molecule has 2 rings (SSSR count). The Labute approximate surface area is 118 Å². The Bertz CT molecular complexity index is 587. The topological polar surface area (TPSA) is 67.0 Å². The summed E-state index contributed by atoms with van der Waals surface area (Å²) in [6.45, 7) is 5.68. The minimum absolute atomic E-state index is 0.322. The van der Waals surface area contributed by atoms with Gasteiger partial charge in [-0.3, -0.25) is 0 Å². The fourth-order valence-electron chi connectivity index (χ4n) is 1.45. The molecule has 0 fully saturated rings. The van der Waals surface area contributed by atoms with Crippen LogP contribution in [0.15, 0.2) is 18.5 Å². The molecule has 96 valence electrons. The highest BCUT2D eigenvalue weighted by molar-refractivity contribution is 14.1. The average molecular weight is 359 g/mol. The van der Waals surface area contributed by atoms with Crippen LogP contribution < -0.4 is 10.1 Å². The van der Waals surface area contributed by atoms with Gasteiger partial charge < -0.3 is 15.0 Å². The van der Waals surface area contributed by atoms with Crippen LogP contribution in [-0.4, -0.2) is 21.6 Å². The van der Waals surface area contributed by atoms with Crippen LogP contribution in [0.25, 0.3) is 11.0 Å². The summed E-state index contributed by atoms with van der Waals surface area (Å²) in [5.74, 6) is 0.432. The van der Waals surface area contributed by atoms with Crippen molar-refractivity contribution in [2.24, 2.45) is 0 Å². The van der Waals surface area contributed by atoms with Gasteiger partial charge in [0.1, 0.15) is 5.65 Å². The van der Waals surface area contributed by atoms with Gasteiger partial charge in [0.25, 0.3) is 0 Å². The van der Waals surface area contributed by atoms with Gasteiger partial charge in [-0.1, -0.05) is 0 Å². The third-order valence-corrected chi connectivity index (χ3v) is 3.04. The molecule has 0 aliphatic rings. The van der Waals surface area contributed by atoms with Gasteiger partial charge in [0.15, 0.2) is 5.75 Å². The highest BCUT2D eigenvalue weighted by Gasteiger charge is 2.15. The lowest BCUT2D eigenvalue weighted by Gasteiger charge is -2.19. The maximum absolute atomic E-state index is 11.6. The molecule has 0 spiro atoms. The van der Waals surface area contributed by atoms with Gasteiger partial charge in [0.05, 0.1) is 6.20 Å². The molecule has 0 aromatic carbocycles. The maximum atomic E-state index is 11.6. The summed E-state index contributed by atoms with van der Waals surface area (Å²) in [7, 11) is 0. The minimum atomic E-state index is -0.478. The fourth-order valence-corrected chi connectivity index (χ4v) is 2.01. The average Bonchev–Trinajstić information content (AvgIpc) is 2.57. The predicted octanol–water partition coefficient (Wildman–Crippen LogP) is 3.05. The van der Waals surface area contributed by atoms with E-state index < -0.39 is 6.09 Å². The van der Waals surface area contributed by atoms with E-state index in [2.05, 4.69) is 37.9 Å². The highest BCUT2D eigenvalue weighted by Crippen LogP contribution is 2.22. The third-order valence-electron chi connectivity index (χ3n) is 2.14. The molecule has 0 atom stereocenters. The molecule has 0 saturated carbocycles. The lowest BCUT2D eigenvalue weighted by molar-refractivity contribution is 0.190. The number of carbonyl (C=O) groups excluding carboxylic acids is 1. The molecule has 0 bridgehead atoms. The lowest BCUT2D eigenvalue weighted by Crippen LogP contribution is -2.42. The van der Waals surface area contributed by atoms with Crippen LogP contribution in [0.1, 0.15) is 20.8 Å². The number of ether oxygens (including phenoxy) is 1. The van der Waals surface area contributed by atoms with Crippen LogP contribution in [0.3, 0.4) is 0 Å². The van der Waals surface area contributed by atoms with Gasteiger partial charge in [-0.15, -0.1) is 0 Å². The van der Waals surface area contributed by atoms with E-state index in [1.165, 1.54) is 6.20 Å². The van der Waals surface area contributed by atoms with Crippen LogP contribution >= 0.6 is 22.6 Å². The molecule has 6 heteroatoms. The Kier molecular flexibility index (Phi) is 3.47. The van der Waals surface area contributed by atoms with Crippen molar-refractivity contribution in [3.05, 3.63) is 22.0 Å². The number of H-pyrrole nitrogens is 1. The van der Waals surface area contributed by atoms with Crippen LogP contribution in [0.2, 0.25) is 0 Å². The molecule has 2 aromatic rings. The van der Waals surface area contributed by atoms with E-state index in [1.807, 2.05) is 27.0 Å². The highest BCUT2D eigenvalue weighted by atomic mass is 127. The number of pyridine rings is 1. The Balaban J connectivity index is 2.17. The molecule has 18 heavy (non-hydrogen) atoms. The summed E-state index contributed by atoms with van der Waals surface area (Å²) in [5, 5.41) is 3.67. The first-order valence-corrected chi connectivity index (χ1v) is 6.56. The van der Waals surface area contributed by atoms with Crippen molar-refractivity contribution in [1.29, 1.82) is 0 Å². The third kappa shape index (κ3) is 3.12. The van der Waals surface area contributed by atoms with Crippen LogP contribution in [-0.2, 0) is 0 Å². The van der Waals surface area contributed by atoms with E-state index in [-0.39, 0.29) is 5.54 Å². The number of nitrogens with one attached hydrogen (secondary N) is 2. The Morgan fingerprint density at radius 3 is 2.89 bits per heavy atom. The van der Waals surface area contributed by atoms with Crippen molar-refractivity contribution in [2.75, 3.05) is 0 Å². The molecule has 5 nitrogen and oxygen atoms in total. The molecule has 0 radical (unpaired) electrons. The van der Waals surface area contributed by atoms with Crippen molar-refractivity contribution in [2.45, 2.75) is 26.3 Å². The summed E-state index contributed by atoms with van der Waals surface area (Å²) >= 11 is 2.20. The van der Waals surface area contributed by atoms with E-state index >= 15 is 0 Å². The molecule has 0 aliphatic carbocycles. The van der Waals surface area contributed by atoms with Crippen molar-refractivity contribution >= 4 is 39.7 Å². The van der Waals surface area contributed by atoms with E-state index in [0.717, 1.165) is 14.6 Å². The molecule has 0 aliphatic heterocycles. The van der Waals surface area contributed by atoms with Crippen molar-refractivity contribution < 1.29 is 9.53 Å². The second-order valence-corrected chi connectivity index (χ2v) is 6.13. The quantitative estimate of drug-likeness (QED) is 0.770. The Morgan fingerprint density at radius 1 is 1.50 bits per heavy atom. The summed E-state index contributed by atoms with van der Waals surface area (Å²) in [6.07, 6.45) is 2.91. The largest absolute Gasteiger partial charge is 0.413 e. The lowest BCUT2D eigenvalue weighted by atomic mass is 10.1. The van der Waals surface area contributed by atoms with Crippen LogP contribution in [0.5, 0.6) is 5.75 Å². The Morgan fingerprint density at radius 2 is 2.22 bits per heavy atom. The summed E-state index contributed by atoms with van der Waals surface area (Å²) < 4.78 is 6.23. The number of carbonyl (C=O) groups is 1. The second-order valence-electron chi connectivity index (χ2n) is 4.97. The number of aromatic nitrogens is 2. The predicted molar refractivity (Wildman–Crippen MR) is 77.7 cm³/mol. The van der Waals surface area contributed by atoms with Crippen molar-refractivity contribution in [1.82, 2.24) is 15.3 Å². The summed E-state index contributed by atoms with van der Waals surface area (Å²) in [5.41, 5.74) is 0.458. The van der Waals surface area contributed by atoms with Gasteiger partial charge >= 0.3 is 6.09 Å². The minimum Gasteiger partial charge on any atom is -0.409 e. The summed E-state index contributed by atoms with van der Waals surface area (Å²) in [4.78, 5) is 18.8. The van der Waals surface area contributed by atoms with Gasteiger partial charge in [-0.2, -0.15) is 0 Å². The van der Waals surface area contributed by atoms with E-state index in [1.54, 1.807) is 6.07 Å². The van der Waals surface area contributed by atoms with Gasteiger partial charge in [-0.25, -0.2) is 9.78 Å². The van der Waals surface area contributed by atoms with Crippen LogP contribution in [0.4, 0.5) is 4.79 Å². The zero-order chi connectivity index (χ0) is 13.3. The number of rotatable bonds is 1. The van der Waals surface area contributed by atoms with E-state index in [0.29, 0.717) is 5.75 Å². The first kappa shape index (κ1) is 13.1. The Hall–Kier alpha value is -1.31. The molecular weight excluding hydrogens is 345 g/mol. The number of hydrogen-bond acceptors (Lipinski definition) is 3.